The third-order valence-corrected chi connectivity index (χ3v) is 7.30. The van der Waals surface area contributed by atoms with E-state index in [9.17, 15) is 28.4 Å². The Labute approximate surface area is 236 Å². The zero-order valence-corrected chi connectivity index (χ0v) is 22.2. The molecule has 210 valence electrons. The number of para-hydroxylation sites is 1. The van der Waals surface area contributed by atoms with Crippen LogP contribution in [0.5, 0.6) is 0 Å². The van der Waals surface area contributed by atoms with E-state index in [2.05, 4.69) is 25.8 Å². The minimum Gasteiger partial charge on any atom is -0.320 e. The van der Waals surface area contributed by atoms with Crippen LogP contribution < -0.4 is 21.8 Å². The fraction of sp³-hybridized carbons (Fsp3) is 0.167. The van der Waals surface area contributed by atoms with Crippen molar-refractivity contribution in [2.24, 2.45) is 0 Å². The number of nitrogens with zero attached hydrogens (tertiary/aromatic N) is 3. The highest BCUT2D eigenvalue weighted by Crippen LogP contribution is 2.25. The van der Waals surface area contributed by atoms with Crippen molar-refractivity contribution in [1.82, 2.24) is 25.1 Å². The van der Waals surface area contributed by atoms with Crippen molar-refractivity contribution in [1.29, 1.82) is 0 Å². The summed E-state index contributed by atoms with van der Waals surface area (Å²) < 4.78 is 16.1. The molecule has 1 aliphatic rings. The van der Waals surface area contributed by atoms with E-state index in [1.807, 2.05) is 0 Å². The van der Waals surface area contributed by atoms with E-state index in [-0.39, 0.29) is 52.8 Å². The number of piperidine rings is 1. The number of rotatable bonds is 5. The summed E-state index contributed by atoms with van der Waals surface area (Å²) in [4.78, 5) is 67.4. The third kappa shape index (κ3) is 4.72. The van der Waals surface area contributed by atoms with Gasteiger partial charge in [0.25, 0.3) is 17.0 Å². The Bertz CT molecular complexity index is 2070. The Balaban J connectivity index is 1.32. The van der Waals surface area contributed by atoms with E-state index in [1.54, 1.807) is 43.3 Å². The average Bonchev–Trinajstić information content (AvgIpc) is 2.97. The predicted octanol–water partition coefficient (Wildman–Crippen LogP) is 2.90. The first-order valence-corrected chi connectivity index (χ1v) is 13.1. The molecular weight excluding hydrogens is 543 g/mol. The second-order valence-corrected chi connectivity index (χ2v) is 9.99. The van der Waals surface area contributed by atoms with Crippen LogP contribution in [-0.4, -0.2) is 37.5 Å². The Morgan fingerprint density at radius 1 is 1.02 bits per heavy atom. The molecule has 3 aromatic carbocycles. The highest BCUT2D eigenvalue weighted by molar-refractivity contribution is 6.08. The Kier molecular flexibility index (Phi) is 6.65. The number of halogens is 1. The minimum absolute atomic E-state index is 0.0928. The van der Waals surface area contributed by atoms with Gasteiger partial charge in [-0.05, 0) is 49.2 Å². The van der Waals surface area contributed by atoms with Crippen LogP contribution in [0.25, 0.3) is 21.7 Å². The maximum atomic E-state index is 14.9. The fourth-order valence-corrected chi connectivity index (χ4v) is 5.27. The summed E-state index contributed by atoms with van der Waals surface area (Å²) in [6, 6.07) is 14.8. The maximum Gasteiger partial charge on any atom is 0.272 e. The lowest BCUT2D eigenvalue weighted by atomic mass is 10.0. The van der Waals surface area contributed by atoms with Crippen molar-refractivity contribution in [3.8, 4) is 0 Å². The van der Waals surface area contributed by atoms with Crippen LogP contribution >= 0.6 is 0 Å². The number of imide groups is 1. The van der Waals surface area contributed by atoms with Crippen molar-refractivity contribution in [2.45, 2.75) is 32.2 Å². The van der Waals surface area contributed by atoms with Gasteiger partial charge in [-0.15, -0.1) is 0 Å². The average molecular weight is 567 g/mol. The van der Waals surface area contributed by atoms with Gasteiger partial charge in [0.05, 0.1) is 27.7 Å². The van der Waals surface area contributed by atoms with Crippen molar-refractivity contribution < 1.29 is 18.8 Å². The molecule has 11 nitrogen and oxygen atoms in total. The number of carbonyl (C=O) groups excluding carboxylic acids is 3. The van der Waals surface area contributed by atoms with Gasteiger partial charge in [-0.1, -0.05) is 30.3 Å². The highest BCUT2D eigenvalue weighted by Gasteiger charge is 2.30. The molecule has 1 aliphatic heterocycles. The van der Waals surface area contributed by atoms with Crippen LogP contribution in [0.15, 0.2) is 70.3 Å². The molecule has 3 N–H and O–H groups in total. The van der Waals surface area contributed by atoms with E-state index in [0.717, 1.165) is 0 Å². The summed E-state index contributed by atoms with van der Waals surface area (Å²) in [5.41, 5.74) is 0.457. The number of carbonyl (C=O) groups is 3. The SMILES string of the molecule is Cc1nc2c(NC(=O)c3cc(Cc4n[nH]c(=O)c5ccccc45)ccc3F)cccc2c(=O)n1C1CCC(=O)NC1=O. The van der Waals surface area contributed by atoms with Crippen molar-refractivity contribution >= 4 is 45.1 Å². The van der Waals surface area contributed by atoms with Crippen LogP contribution in [-0.2, 0) is 16.0 Å². The molecule has 1 unspecified atom stereocenters. The predicted molar refractivity (Wildman–Crippen MR) is 152 cm³/mol. The first kappa shape index (κ1) is 26.7. The van der Waals surface area contributed by atoms with Crippen LogP contribution in [0.3, 0.4) is 0 Å². The van der Waals surface area contributed by atoms with E-state index in [0.29, 0.717) is 22.0 Å². The molecule has 0 spiro atoms. The number of hydrogen-bond acceptors (Lipinski definition) is 7. The number of hydrogen-bond donors (Lipinski definition) is 3. The lowest BCUT2D eigenvalue weighted by molar-refractivity contribution is -0.135. The first-order chi connectivity index (χ1) is 20.2. The zero-order valence-electron chi connectivity index (χ0n) is 22.2. The topological polar surface area (TPSA) is 156 Å². The molecule has 3 heterocycles. The molecular formula is C30H23FN6O5. The van der Waals surface area contributed by atoms with Crippen LogP contribution in [0, 0.1) is 12.7 Å². The summed E-state index contributed by atoms with van der Waals surface area (Å²) in [7, 11) is 0. The molecule has 0 saturated carbocycles. The molecule has 0 radical (unpaired) electrons. The molecule has 6 rings (SSSR count). The summed E-state index contributed by atoms with van der Waals surface area (Å²) in [6.07, 6.45) is 0.483. The number of aromatic amines is 1. The van der Waals surface area contributed by atoms with Gasteiger partial charge in [0.15, 0.2) is 0 Å². The van der Waals surface area contributed by atoms with Crippen LogP contribution in [0.4, 0.5) is 10.1 Å². The number of benzene rings is 3. The zero-order chi connectivity index (χ0) is 29.5. The summed E-state index contributed by atoms with van der Waals surface area (Å²) in [5, 5.41) is 12.8. The normalized spacial score (nSPS) is 15.1. The Morgan fingerprint density at radius 3 is 2.57 bits per heavy atom. The van der Waals surface area contributed by atoms with Gasteiger partial charge in [0, 0.05) is 18.2 Å². The molecule has 1 atom stereocenters. The number of aryl methyl sites for hydroxylation is 1. The molecule has 1 saturated heterocycles. The van der Waals surface area contributed by atoms with E-state index in [1.165, 1.54) is 28.8 Å². The van der Waals surface area contributed by atoms with Gasteiger partial charge in [-0.25, -0.2) is 14.5 Å². The van der Waals surface area contributed by atoms with Gasteiger partial charge in [-0.3, -0.25) is 33.9 Å². The number of aromatic nitrogens is 4. The monoisotopic (exact) mass is 566 g/mol. The maximum absolute atomic E-state index is 14.9. The molecule has 3 amide bonds. The Hall–Kier alpha value is -5.52. The van der Waals surface area contributed by atoms with Crippen molar-refractivity contribution in [3.05, 3.63) is 110 Å². The highest BCUT2D eigenvalue weighted by atomic mass is 19.1. The van der Waals surface area contributed by atoms with E-state index < -0.39 is 35.1 Å². The van der Waals surface area contributed by atoms with Gasteiger partial charge >= 0.3 is 0 Å². The first-order valence-electron chi connectivity index (χ1n) is 13.1. The molecule has 42 heavy (non-hydrogen) atoms. The van der Waals surface area contributed by atoms with Crippen LogP contribution in [0.1, 0.15) is 46.3 Å². The number of H-pyrrole nitrogens is 1. The summed E-state index contributed by atoms with van der Waals surface area (Å²) >= 11 is 0. The number of fused-ring (bicyclic) bond motifs is 2. The second kappa shape index (κ2) is 10.5. The number of nitrogens with one attached hydrogen (secondary N) is 3. The molecule has 2 aromatic heterocycles. The number of amides is 3. The number of anilines is 1. The lowest BCUT2D eigenvalue weighted by Crippen LogP contribution is -2.45. The van der Waals surface area contributed by atoms with E-state index >= 15 is 0 Å². The standard InChI is InChI=1S/C30H23FN6O5/c1-15-32-26-19(30(42)37(15)24-11-12-25(38)34-29(24)41)7-4-8-22(26)33-27(39)20-13-16(9-10-21(20)31)14-23-17-5-2-3-6-18(17)28(40)36-35-23/h2-10,13,24H,11-12,14H2,1H3,(H,33,39)(H,36,40)(H,34,38,41). The molecule has 5 aromatic rings. The van der Waals surface area contributed by atoms with Gasteiger partial charge < -0.3 is 5.32 Å². The Morgan fingerprint density at radius 2 is 1.79 bits per heavy atom. The summed E-state index contributed by atoms with van der Waals surface area (Å²) in [5.74, 6) is -2.27. The van der Waals surface area contributed by atoms with Gasteiger partial charge in [-0.2, -0.15) is 5.10 Å². The fourth-order valence-electron chi connectivity index (χ4n) is 5.27. The van der Waals surface area contributed by atoms with Crippen molar-refractivity contribution in [2.75, 3.05) is 5.32 Å². The van der Waals surface area contributed by atoms with Crippen molar-refractivity contribution in [3.63, 3.8) is 0 Å². The molecule has 12 heteroatoms. The van der Waals surface area contributed by atoms with Gasteiger partial charge in [0.2, 0.25) is 11.8 Å². The molecule has 0 aliphatic carbocycles. The lowest BCUT2D eigenvalue weighted by Gasteiger charge is -2.24. The minimum atomic E-state index is -0.892. The van der Waals surface area contributed by atoms with Gasteiger partial charge in [0.1, 0.15) is 23.2 Å². The largest absolute Gasteiger partial charge is 0.320 e. The third-order valence-electron chi connectivity index (χ3n) is 7.30. The van der Waals surface area contributed by atoms with Crippen LogP contribution in [0.2, 0.25) is 0 Å². The molecule has 1 fully saturated rings. The summed E-state index contributed by atoms with van der Waals surface area (Å²) in [6.45, 7) is 1.56. The quantitative estimate of drug-likeness (QED) is 0.276. The smallest absolute Gasteiger partial charge is 0.272 e. The second-order valence-electron chi connectivity index (χ2n) is 9.99. The van der Waals surface area contributed by atoms with E-state index in [4.69, 9.17) is 0 Å². The molecule has 0 bridgehead atoms.